The Morgan fingerprint density at radius 2 is 2.12 bits per heavy atom. The number of carbonyl (C=O) groups is 1. The summed E-state index contributed by atoms with van der Waals surface area (Å²) in [5.74, 6) is -0.0259. The number of hydrogen-bond donors (Lipinski definition) is 1. The first-order valence-corrected chi connectivity index (χ1v) is 5.91. The molecule has 0 aliphatic carbocycles. The van der Waals surface area contributed by atoms with E-state index in [2.05, 4.69) is 9.97 Å². The van der Waals surface area contributed by atoms with Gasteiger partial charge in [-0.3, -0.25) is 0 Å². The van der Waals surface area contributed by atoms with Crippen LogP contribution in [0.15, 0.2) is 16.1 Å². The molecule has 2 aromatic heterocycles. The van der Waals surface area contributed by atoms with E-state index in [-0.39, 0.29) is 11.1 Å². The molecule has 2 rings (SSSR count). The van der Waals surface area contributed by atoms with Gasteiger partial charge in [-0.2, -0.15) is 0 Å². The number of carboxylic acids is 1. The summed E-state index contributed by atoms with van der Waals surface area (Å²) >= 11 is 1.23. The lowest BCUT2D eigenvalue weighted by Crippen LogP contribution is -2.10. The average molecular weight is 252 g/mol. The highest BCUT2D eigenvalue weighted by Crippen LogP contribution is 2.31. The van der Waals surface area contributed by atoms with E-state index in [0.29, 0.717) is 16.5 Å². The second kappa shape index (κ2) is 3.96. The summed E-state index contributed by atoms with van der Waals surface area (Å²) in [6.45, 7) is 5.94. The van der Waals surface area contributed by atoms with Gasteiger partial charge in [0, 0.05) is 5.41 Å². The summed E-state index contributed by atoms with van der Waals surface area (Å²) in [5, 5.41) is 8.96. The van der Waals surface area contributed by atoms with Gasteiger partial charge in [0.05, 0.1) is 11.7 Å². The van der Waals surface area contributed by atoms with Crippen LogP contribution in [0.2, 0.25) is 0 Å². The minimum atomic E-state index is -1.06. The van der Waals surface area contributed by atoms with Gasteiger partial charge in [0.25, 0.3) is 0 Å². The number of rotatable bonds is 2. The Bertz CT molecular complexity index is 551. The fourth-order valence-corrected chi connectivity index (χ4v) is 2.02. The van der Waals surface area contributed by atoms with E-state index < -0.39 is 5.97 Å². The highest BCUT2D eigenvalue weighted by molar-refractivity contribution is 7.13. The molecule has 2 aromatic rings. The maximum atomic E-state index is 10.9. The van der Waals surface area contributed by atoms with Crippen molar-refractivity contribution < 1.29 is 14.3 Å². The van der Waals surface area contributed by atoms with Crippen LogP contribution in [0.4, 0.5) is 0 Å². The number of thiazole rings is 1. The van der Waals surface area contributed by atoms with E-state index in [4.69, 9.17) is 9.52 Å². The SMILES string of the molecule is CC(C)(C)c1ncc(-c2scnc2C(=O)O)o1. The zero-order valence-electron chi connectivity index (χ0n) is 9.72. The minimum absolute atomic E-state index is 0.00612. The van der Waals surface area contributed by atoms with Crippen LogP contribution < -0.4 is 0 Å². The van der Waals surface area contributed by atoms with Crippen molar-refractivity contribution in [3.8, 4) is 10.6 Å². The molecule has 0 saturated heterocycles. The van der Waals surface area contributed by atoms with E-state index in [1.54, 1.807) is 6.20 Å². The largest absolute Gasteiger partial charge is 0.476 e. The zero-order chi connectivity index (χ0) is 12.6. The topological polar surface area (TPSA) is 76.2 Å². The van der Waals surface area contributed by atoms with Gasteiger partial charge < -0.3 is 9.52 Å². The van der Waals surface area contributed by atoms with Gasteiger partial charge in [0.1, 0.15) is 4.88 Å². The van der Waals surface area contributed by atoms with Crippen LogP contribution in [0.5, 0.6) is 0 Å². The van der Waals surface area contributed by atoms with Crippen molar-refractivity contribution in [1.82, 2.24) is 9.97 Å². The van der Waals surface area contributed by atoms with Crippen molar-refractivity contribution in [2.24, 2.45) is 0 Å². The van der Waals surface area contributed by atoms with Gasteiger partial charge in [-0.1, -0.05) is 20.8 Å². The predicted molar refractivity (Wildman–Crippen MR) is 63.3 cm³/mol. The van der Waals surface area contributed by atoms with Gasteiger partial charge in [0.15, 0.2) is 17.3 Å². The van der Waals surface area contributed by atoms with Crippen LogP contribution in [0, 0.1) is 0 Å². The van der Waals surface area contributed by atoms with Crippen LogP contribution >= 0.6 is 11.3 Å². The van der Waals surface area contributed by atoms with Crippen LogP contribution in [-0.2, 0) is 5.41 Å². The fourth-order valence-electron chi connectivity index (χ4n) is 1.30. The lowest BCUT2D eigenvalue weighted by Gasteiger charge is -2.11. The van der Waals surface area contributed by atoms with Crippen molar-refractivity contribution in [3.63, 3.8) is 0 Å². The fraction of sp³-hybridized carbons (Fsp3) is 0.364. The van der Waals surface area contributed by atoms with Crippen molar-refractivity contribution >= 4 is 17.3 Å². The Hall–Kier alpha value is -1.69. The molecule has 17 heavy (non-hydrogen) atoms. The summed E-state index contributed by atoms with van der Waals surface area (Å²) in [7, 11) is 0. The van der Waals surface area contributed by atoms with Crippen LogP contribution in [0.3, 0.4) is 0 Å². The zero-order valence-corrected chi connectivity index (χ0v) is 10.5. The van der Waals surface area contributed by atoms with E-state index in [9.17, 15) is 4.79 Å². The van der Waals surface area contributed by atoms with Gasteiger partial charge >= 0.3 is 5.97 Å². The monoisotopic (exact) mass is 252 g/mol. The Morgan fingerprint density at radius 1 is 1.41 bits per heavy atom. The molecule has 2 heterocycles. The van der Waals surface area contributed by atoms with Crippen molar-refractivity contribution in [2.45, 2.75) is 26.2 Å². The van der Waals surface area contributed by atoms with Crippen LogP contribution in [0.1, 0.15) is 37.2 Å². The van der Waals surface area contributed by atoms with E-state index >= 15 is 0 Å². The molecular formula is C11H12N2O3S. The molecule has 5 nitrogen and oxygen atoms in total. The third-order valence-electron chi connectivity index (χ3n) is 2.14. The number of oxazole rings is 1. The molecule has 0 saturated carbocycles. The lowest BCUT2D eigenvalue weighted by molar-refractivity contribution is 0.0692. The summed E-state index contributed by atoms with van der Waals surface area (Å²) in [6.07, 6.45) is 1.54. The molecule has 0 amide bonds. The molecule has 1 N–H and O–H groups in total. The summed E-state index contributed by atoms with van der Waals surface area (Å²) in [4.78, 5) is 19.4. The first-order valence-electron chi connectivity index (χ1n) is 5.03. The minimum Gasteiger partial charge on any atom is -0.476 e. The molecular weight excluding hydrogens is 240 g/mol. The molecule has 0 fully saturated rings. The normalized spacial score (nSPS) is 11.7. The molecule has 0 radical (unpaired) electrons. The maximum absolute atomic E-state index is 10.9. The Labute approximate surface area is 102 Å². The van der Waals surface area contributed by atoms with Gasteiger partial charge in [0.2, 0.25) is 0 Å². The third kappa shape index (κ3) is 2.21. The van der Waals surface area contributed by atoms with Crippen molar-refractivity contribution in [3.05, 3.63) is 23.3 Å². The van der Waals surface area contributed by atoms with Crippen molar-refractivity contribution in [2.75, 3.05) is 0 Å². The van der Waals surface area contributed by atoms with Crippen molar-refractivity contribution in [1.29, 1.82) is 0 Å². The average Bonchev–Trinajstić information content (AvgIpc) is 2.85. The molecule has 0 aliphatic heterocycles. The highest BCUT2D eigenvalue weighted by Gasteiger charge is 2.23. The molecule has 6 heteroatoms. The molecule has 0 aromatic carbocycles. The first kappa shape index (κ1) is 11.8. The number of hydrogen-bond acceptors (Lipinski definition) is 5. The Balaban J connectivity index is 2.44. The second-order valence-electron chi connectivity index (χ2n) is 4.61. The molecule has 0 bridgehead atoms. The number of carboxylic acid groups (broad SMARTS) is 1. The summed E-state index contributed by atoms with van der Waals surface area (Å²) in [5.41, 5.74) is 1.29. The van der Waals surface area contributed by atoms with E-state index in [1.165, 1.54) is 16.8 Å². The number of aromatic carboxylic acids is 1. The molecule has 0 unspecified atom stereocenters. The first-order chi connectivity index (χ1) is 7.89. The summed E-state index contributed by atoms with van der Waals surface area (Å²) < 4.78 is 5.58. The smallest absolute Gasteiger partial charge is 0.356 e. The molecule has 90 valence electrons. The Morgan fingerprint density at radius 3 is 2.65 bits per heavy atom. The maximum Gasteiger partial charge on any atom is 0.356 e. The molecule has 0 atom stereocenters. The lowest BCUT2D eigenvalue weighted by atomic mass is 9.97. The van der Waals surface area contributed by atoms with Gasteiger partial charge in [-0.25, -0.2) is 14.8 Å². The standard InChI is InChI=1S/C11H12N2O3S/c1-11(2,3)10-12-4-6(16-10)8-7(9(14)15)13-5-17-8/h4-5H,1-3H3,(H,14,15). The highest BCUT2D eigenvalue weighted by atomic mass is 32.1. The third-order valence-corrected chi connectivity index (χ3v) is 2.98. The second-order valence-corrected chi connectivity index (χ2v) is 5.47. The van der Waals surface area contributed by atoms with E-state index in [1.807, 2.05) is 20.8 Å². The van der Waals surface area contributed by atoms with E-state index in [0.717, 1.165) is 0 Å². The van der Waals surface area contributed by atoms with Gasteiger partial charge in [-0.15, -0.1) is 11.3 Å². The van der Waals surface area contributed by atoms with Crippen LogP contribution in [0.25, 0.3) is 10.6 Å². The summed E-state index contributed by atoms with van der Waals surface area (Å²) in [6, 6.07) is 0. The number of nitrogens with zero attached hydrogens (tertiary/aromatic N) is 2. The van der Waals surface area contributed by atoms with Crippen LogP contribution in [-0.4, -0.2) is 21.0 Å². The molecule has 0 aliphatic rings. The molecule has 0 spiro atoms. The van der Waals surface area contributed by atoms with Gasteiger partial charge in [-0.05, 0) is 0 Å². The predicted octanol–water partition coefficient (Wildman–Crippen LogP) is 2.79. The Kier molecular flexibility index (Phi) is 2.74. The number of aromatic nitrogens is 2. The quantitative estimate of drug-likeness (QED) is 0.889.